The van der Waals surface area contributed by atoms with Crippen molar-refractivity contribution in [1.82, 2.24) is 0 Å². The highest BCUT2D eigenvalue weighted by Gasteiger charge is 2.08. The van der Waals surface area contributed by atoms with Crippen LogP contribution >= 0.6 is 0 Å². The van der Waals surface area contributed by atoms with Gasteiger partial charge in [-0.05, 0) is 30.0 Å². The molecule has 0 fully saturated rings. The third-order valence-corrected chi connectivity index (χ3v) is 3.14. The van der Waals surface area contributed by atoms with E-state index in [1.165, 1.54) is 25.0 Å². The van der Waals surface area contributed by atoms with E-state index in [2.05, 4.69) is 13.8 Å². The molecule has 0 aliphatic rings. The molecule has 0 bridgehead atoms. The summed E-state index contributed by atoms with van der Waals surface area (Å²) < 4.78 is 18.9. The first-order chi connectivity index (χ1) is 8.69. The molecule has 0 saturated carbocycles. The predicted molar refractivity (Wildman–Crippen MR) is 71.1 cm³/mol. The molecular formula is C15H23FO2. The molecule has 2 nitrogen and oxygen atoms in total. The average Bonchev–Trinajstić information content (AvgIpc) is 2.38. The highest BCUT2D eigenvalue weighted by molar-refractivity contribution is 5.29. The Morgan fingerprint density at radius 1 is 1.28 bits per heavy atom. The Morgan fingerprint density at radius 3 is 2.67 bits per heavy atom. The summed E-state index contributed by atoms with van der Waals surface area (Å²) >= 11 is 0. The molecule has 1 aromatic rings. The van der Waals surface area contributed by atoms with Gasteiger partial charge in [-0.15, -0.1) is 0 Å². The van der Waals surface area contributed by atoms with Crippen molar-refractivity contribution in [2.45, 2.75) is 46.1 Å². The molecule has 0 radical (unpaired) electrons. The van der Waals surface area contributed by atoms with Gasteiger partial charge in [-0.25, -0.2) is 4.39 Å². The van der Waals surface area contributed by atoms with E-state index in [4.69, 9.17) is 9.84 Å². The van der Waals surface area contributed by atoms with Gasteiger partial charge < -0.3 is 9.84 Å². The van der Waals surface area contributed by atoms with Crippen LogP contribution in [0.3, 0.4) is 0 Å². The quantitative estimate of drug-likeness (QED) is 0.762. The first-order valence-electron chi connectivity index (χ1n) is 6.72. The molecule has 1 rings (SSSR count). The van der Waals surface area contributed by atoms with Crippen LogP contribution in [-0.4, -0.2) is 11.7 Å². The Hall–Kier alpha value is -1.09. The Morgan fingerprint density at radius 2 is 2.06 bits per heavy atom. The number of aliphatic hydroxyl groups excluding tert-OH is 1. The molecule has 1 unspecified atom stereocenters. The number of benzene rings is 1. The number of rotatable bonds is 8. The second-order valence-corrected chi connectivity index (χ2v) is 4.68. The Labute approximate surface area is 109 Å². The van der Waals surface area contributed by atoms with E-state index in [0.29, 0.717) is 23.8 Å². The minimum absolute atomic E-state index is 0.166. The van der Waals surface area contributed by atoms with Gasteiger partial charge in [0, 0.05) is 6.07 Å². The Bertz CT molecular complexity index is 352. The van der Waals surface area contributed by atoms with Gasteiger partial charge in [0.25, 0.3) is 0 Å². The lowest BCUT2D eigenvalue weighted by molar-refractivity contribution is 0.231. The normalized spacial score (nSPS) is 12.4. The van der Waals surface area contributed by atoms with Crippen LogP contribution in [0, 0.1) is 11.7 Å². The number of unbranched alkanes of at least 4 members (excludes halogenated alkanes) is 1. The lowest BCUT2D eigenvalue weighted by atomic mass is 10.0. The molecule has 3 heteroatoms. The minimum atomic E-state index is -0.363. The summed E-state index contributed by atoms with van der Waals surface area (Å²) in [5.41, 5.74) is 0.548. The molecule has 18 heavy (non-hydrogen) atoms. The maximum atomic E-state index is 13.2. The van der Waals surface area contributed by atoms with Gasteiger partial charge in [0.2, 0.25) is 0 Å². The SMILES string of the molecule is CCCCC(CC)COc1cc(F)cc(CO)c1. The summed E-state index contributed by atoms with van der Waals surface area (Å²) in [7, 11) is 0. The van der Waals surface area contributed by atoms with E-state index in [1.54, 1.807) is 6.07 Å². The van der Waals surface area contributed by atoms with Gasteiger partial charge >= 0.3 is 0 Å². The van der Waals surface area contributed by atoms with Gasteiger partial charge in [-0.2, -0.15) is 0 Å². The van der Waals surface area contributed by atoms with E-state index >= 15 is 0 Å². The standard InChI is InChI=1S/C15H23FO2/c1-3-5-6-12(4-2)11-18-15-8-13(10-17)7-14(16)9-15/h7-9,12,17H,3-6,10-11H2,1-2H3. The summed E-state index contributed by atoms with van der Waals surface area (Å²) in [5.74, 6) is 0.665. The third kappa shape index (κ3) is 5.05. The van der Waals surface area contributed by atoms with Crippen LogP contribution in [0.1, 0.15) is 45.1 Å². The molecule has 1 aromatic carbocycles. The smallest absolute Gasteiger partial charge is 0.127 e. The van der Waals surface area contributed by atoms with Crippen LogP contribution in [0.5, 0.6) is 5.75 Å². The van der Waals surface area contributed by atoms with Crippen LogP contribution < -0.4 is 4.74 Å². The van der Waals surface area contributed by atoms with Crippen molar-refractivity contribution in [2.75, 3.05) is 6.61 Å². The molecule has 0 aromatic heterocycles. The monoisotopic (exact) mass is 254 g/mol. The zero-order chi connectivity index (χ0) is 13.4. The van der Waals surface area contributed by atoms with Gasteiger partial charge in [0.1, 0.15) is 11.6 Å². The lowest BCUT2D eigenvalue weighted by Gasteiger charge is -2.16. The molecule has 1 N–H and O–H groups in total. The zero-order valence-corrected chi connectivity index (χ0v) is 11.3. The van der Waals surface area contributed by atoms with Crippen molar-refractivity contribution in [3.8, 4) is 5.75 Å². The second-order valence-electron chi connectivity index (χ2n) is 4.68. The average molecular weight is 254 g/mol. The molecule has 0 spiro atoms. The van der Waals surface area contributed by atoms with E-state index in [-0.39, 0.29) is 12.4 Å². The first-order valence-corrected chi connectivity index (χ1v) is 6.72. The minimum Gasteiger partial charge on any atom is -0.493 e. The van der Waals surface area contributed by atoms with Crippen LogP contribution in [0.25, 0.3) is 0 Å². The predicted octanol–water partition coefficient (Wildman–Crippen LogP) is 3.91. The number of hydrogen-bond donors (Lipinski definition) is 1. The summed E-state index contributed by atoms with van der Waals surface area (Å²) in [6.07, 6.45) is 4.61. The summed E-state index contributed by atoms with van der Waals surface area (Å²) in [6.45, 7) is 4.77. The second kappa shape index (κ2) is 8.09. The van der Waals surface area contributed by atoms with E-state index in [9.17, 15) is 4.39 Å². The van der Waals surface area contributed by atoms with Crippen molar-refractivity contribution in [1.29, 1.82) is 0 Å². The van der Waals surface area contributed by atoms with Gasteiger partial charge in [0.05, 0.1) is 13.2 Å². The highest BCUT2D eigenvalue weighted by Crippen LogP contribution is 2.19. The van der Waals surface area contributed by atoms with Crippen molar-refractivity contribution < 1.29 is 14.2 Å². The maximum Gasteiger partial charge on any atom is 0.127 e. The van der Waals surface area contributed by atoms with Crippen LogP contribution in [0.4, 0.5) is 4.39 Å². The molecule has 0 aliphatic carbocycles. The van der Waals surface area contributed by atoms with E-state index in [0.717, 1.165) is 12.8 Å². The fourth-order valence-corrected chi connectivity index (χ4v) is 1.91. The molecule has 0 heterocycles. The van der Waals surface area contributed by atoms with Crippen molar-refractivity contribution >= 4 is 0 Å². The molecular weight excluding hydrogens is 231 g/mol. The molecule has 102 valence electrons. The summed E-state index contributed by atoms with van der Waals surface area (Å²) in [4.78, 5) is 0. The van der Waals surface area contributed by atoms with Crippen LogP contribution in [0.15, 0.2) is 18.2 Å². The highest BCUT2D eigenvalue weighted by atomic mass is 19.1. The number of aliphatic hydroxyl groups is 1. The zero-order valence-electron chi connectivity index (χ0n) is 11.3. The van der Waals surface area contributed by atoms with Gasteiger partial charge in [-0.1, -0.05) is 33.1 Å². The molecule has 0 saturated heterocycles. The largest absolute Gasteiger partial charge is 0.493 e. The Balaban J connectivity index is 2.53. The van der Waals surface area contributed by atoms with E-state index < -0.39 is 0 Å². The van der Waals surface area contributed by atoms with Crippen molar-refractivity contribution in [3.63, 3.8) is 0 Å². The maximum absolute atomic E-state index is 13.2. The van der Waals surface area contributed by atoms with Crippen LogP contribution in [0.2, 0.25) is 0 Å². The first kappa shape index (κ1) is 15.0. The fourth-order valence-electron chi connectivity index (χ4n) is 1.91. The fraction of sp³-hybridized carbons (Fsp3) is 0.600. The van der Waals surface area contributed by atoms with Gasteiger partial charge in [-0.3, -0.25) is 0 Å². The van der Waals surface area contributed by atoms with Crippen molar-refractivity contribution in [3.05, 3.63) is 29.6 Å². The number of hydrogen-bond acceptors (Lipinski definition) is 2. The van der Waals surface area contributed by atoms with Crippen LogP contribution in [-0.2, 0) is 6.61 Å². The molecule has 1 atom stereocenters. The number of halogens is 1. The lowest BCUT2D eigenvalue weighted by Crippen LogP contribution is -2.11. The topological polar surface area (TPSA) is 29.5 Å². The molecule has 0 amide bonds. The summed E-state index contributed by atoms with van der Waals surface area (Å²) in [5, 5.41) is 9.00. The van der Waals surface area contributed by atoms with Crippen molar-refractivity contribution in [2.24, 2.45) is 5.92 Å². The Kier molecular flexibility index (Phi) is 6.73. The summed E-state index contributed by atoms with van der Waals surface area (Å²) in [6, 6.07) is 4.38. The molecule has 0 aliphatic heterocycles. The van der Waals surface area contributed by atoms with E-state index in [1.807, 2.05) is 0 Å². The van der Waals surface area contributed by atoms with Gasteiger partial charge in [0.15, 0.2) is 0 Å². The number of ether oxygens (including phenoxy) is 1. The third-order valence-electron chi connectivity index (χ3n) is 3.14.